The summed E-state index contributed by atoms with van der Waals surface area (Å²) in [6.45, 7) is 0.225. The number of nitrogens with zero attached hydrogens (tertiary/aromatic N) is 1. The Bertz CT molecular complexity index is 372. The first-order valence-corrected chi connectivity index (χ1v) is 4.05. The molecule has 0 bridgehead atoms. The summed E-state index contributed by atoms with van der Waals surface area (Å²) in [6, 6.07) is 2.18. The predicted octanol–water partition coefficient (Wildman–Crippen LogP) is 2.10. The van der Waals surface area contributed by atoms with Crippen molar-refractivity contribution in [3.8, 4) is 11.8 Å². The molecule has 0 N–H and O–H groups in total. The predicted molar refractivity (Wildman–Crippen MR) is 48.0 cm³/mol. The number of halogens is 3. The molecule has 0 aromatic carbocycles. The monoisotopic (exact) mass is 215 g/mol. The molecule has 0 saturated carbocycles. The zero-order chi connectivity index (χ0) is 11.3. The number of rotatable bonds is 1. The fourth-order valence-electron chi connectivity index (χ4n) is 0.834. The molecule has 0 amide bonds. The second-order valence-corrected chi connectivity index (χ2v) is 2.66. The summed E-state index contributed by atoms with van der Waals surface area (Å²) in [7, 11) is 1.48. The molecule has 0 aliphatic rings. The van der Waals surface area contributed by atoms with Gasteiger partial charge in [-0.1, -0.05) is 5.92 Å². The summed E-state index contributed by atoms with van der Waals surface area (Å²) in [5.41, 5.74) is -0.486. The van der Waals surface area contributed by atoms with Gasteiger partial charge in [0.25, 0.3) is 0 Å². The molecular weight excluding hydrogens is 207 g/mol. The van der Waals surface area contributed by atoms with Crippen LogP contribution >= 0.6 is 0 Å². The highest BCUT2D eigenvalue weighted by molar-refractivity contribution is 5.29. The van der Waals surface area contributed by atoms with Gasteiger partial charge in [-0.3, -0.25) is 0 Å². The highest BCUT2D eigenvalue weighted by atomic mass is 19.4. The van der Waals surface area contributed by atoms with Crippen LogP contribution in [0.25, 0.3) is 0 Å². The van der Waals surface area contributed by atoms with Crippen molar-refractivity contribution in [2.75, 3.05) is 13.7 Å². The summed E-state index contributed by atoms with van der Waals surface area (Å²) in [5, 5.41) is 0. The lowest BCUT2D eigenvalue weighted by atomic mass is 10.2. The molecule has 1 heterocycles. The lowest BCUT2D eigenvalue weighted by Crippen LogP contribution is -2.05. The van der Waals surface area contributed by atoms with E-state index in [0.717, 1.165) is 12.3 Å². The molecule has 0 fully saturated rings. The molecule has 1 aromatic heterocycles. The number of alkyl halides is 3. The van der Waals surface area contributed by atoms with Gasteiger partial charge >= 0.3 is 6.18 Å². The Hall–Kier alpha value is -1.54. The largest absolute Gasteiger partial charge is 0.417 e. The minimum absolute atomic E-state index is 0.225. The normalized spacial score (nSPS) is 10.7. The summed E-state index contributed by atoms with van der Waals surface area (Å²) >= 11 is 0. The Labute approximate surface area is 85.1 Å². The van der Waals surface area contributed by atoms with Gasteiger partial charge in [0.05, 0.1) is 5.56 Å². The van der Waals surface area contributed by atoms with Gasteiger partial charge in [-0.2, -0.15) is 13.2 Å². The third-order valence-corrected chi connectivity index (χ3v) is 1.52. The molecule has 0 unspecified atom stereocenters. The van der Waals surface area contributed by atoms with Crippen molar-refractivity contribution in [1.82, 2.24) is 4.98 Å². The maximum atomic E-state index is 12.1. The highest BCUT2D eigenvalue weighted by Crippen LogP contribution is 2.28. The van der Waals surface area contributed by atoms with Crippen LogP contribution in [0.15, 0.2) is 18.3 Å². The van der Waals surface area contributed by atoms with Crippen LogP contribution < -0.4 is 0 Å². The van der Waals surface area contributed by atoms with E-state index in [0.29, 0.717) is 5.69 Å². The molecule has 0 radical (unpaired) electrons. The molecule has 0 saturated heterocycles. The zero-order valence-corrected chi connectivity index (χ0v) is 7.93. The van der Waals surface area contributed by atoms with E-state index in [9.17, 15) is 13.2 Å². The maximum absolute atomic E-state index is 12.1. The van der Waals surface area contributed by atoms with Gasteiger partial charge in [-0.25, -0.2) is 4.98 Å². The van der Waals surface area contributed by atoms with Crippen LogP contribution in [-0.4, -0.2) is 18.7 Å². The zero-order valence-electron chi connectivity index (χ0n) is 7.93. The minimum atomic E-state index is -4.36. The molecule has 1 rings (SSSR count). The Morgan fingerprint density at radius 2 is 2.13 bits per heavy atom. The lowest BCUT2D eigenvalue weighted by Gasteiger charge is -2.04. The molecule has 0 aliphatic heterocycles. The van der Waals surface area contributed by atoms with Crippen LogP contribution in [0, 0.1) is 11.8 Å². The Balaban J connectivity index is 2.79. The van der Waals surface area contributed by atoms with E-state index in [2.05, 4.69) is 21.6 Å². The van der Waals surface area contributed by atoms with Crippen molar-refractivity contribution in [3.63, 3.8) is 0 Å². The van der Waals surface area contributed by atoms with Gasteiger partial charge in [-0.05, 0) is 18.1 Å². The Morgan fingerprint density at radius 3 is 2.60 bits per heavy atom. The molecule has 1 aromatic rings. The summed E-state index contributed by atoms with van der Waals surface area (Å²) in [5.74, 6) is 5.16. The number of hydrogen-bond acceptors (Lipinski definition) is 2. The second-order valence-electron chi connectivity index (χ2n) is 2.66. The van der Waals surface area contributed by atoms with E-state index >= 15 is 0 Å². The summed E-state index contributed by atoms with van der Waals surface area (Å²) < 4.78 is 41.1. The van der Waals surface area contributed by atoms with Crippen molar-refractivity contribution in [2.24, 2.45) is 0 Å². The van der Waals surface area contributed by atoms with Gasteiger partial charge in [0, 0.05) is 13.3 Å². The van der Waals surface area contributed by atoms with E-state index < -0.39 is 11.7 Å². The van der Waals surface area contributed by atoms with Crippen LogP contribution in [0.1, 0.15) is 11.3 Å². The number of aromatic nitrogens is 1. The van der Waals surface area contributed by atoms with Crippen molar-refractivity contribution < 1.29 is 17.9 Å². The molecule has 0 spiro atoms. The highest BCUT2D eigenvalue weighted by Gasteiger charge is 2.30. The van der Waals surface area contributed by atoms with E-state index in [-0.39, 0.29) is 6.61 Å². The van der Waals surface area contributed by atoms with E-state index in [4.69, 9.17) is 0 Å². The number of ether oxygens (including phenoxy) is 1. The van der Waals surface area contributed by atoms with Crippen LogP contribution in [-0.2, 0) is 10.9 Å². The molecular formula is C10H8F3NO. The molecule has 15 heavy (non-hydrogen) atoms. The second kappa shape index (κ2) is 4.80. The number of methoxy groups -OCH3 is 1. The lowest BCUT2D eigenvalue weighted by molar-refractivity contribution is -0.137. The SMILES string of the molecule is COCC#Cc1ccc(C(F)(F)F)cn1. The van der Waals surface area contributed by atoms with E-state index in [1.165, 1.54) is 13.2 Å². The maximum Gasteiger partial charge on any atom is 0.417 e. The molecule has 80 valence electrons. The molecule has 0 aliphatic carbocycles. The molecule has 0 atom stereocenters. The fourth-order valence-corrected chi connectivity index (χ4v) is 0.834. The standard InChI is InChI=1S/C10H8F3NO/c1-15-6-2-3-9-5-4-8(7-14-9)10(11,12)13/h4-5,7H,6H2,1H3. The smallest absolute Gasteiger partial charge is 0.372 e. The summed E-state index contributed by atoms with van der Waals surface area (Å²) in [4.78, 5) is 3.57. The minimum Gasteiger partial charge on any atom is -0.372 e. The quantitative estimate of drug-likeness (QED) is 0.669. The van der Waals surface area contributed by atoms with Gasteiger partial charge in [0.2, 0.25) is 0 Å². The van der Waals surface area contributed by atoms with Crippen LogP contribution in [0.4, 0.5) is 13.2 Å². The first-order chi connectivity index (χ1) is 7.04. The first-order valence-electron chi connectivity index (χ1n) is 4.05. The fraction of sp³-hybridized carbons (Fsp3) is 0.300. The van der Waals surface area contributed by atoms with Gasteiger partial charge in [0.1, 0.15) is 12.3 Å². The summed E-state index contributed by atoms with van der Waals surface area (Å²) in [6.07, 6.45) is -3.59. The number of hydrogen-bond donors (Lipinski definition) is 0. The third kappa shape index (κ3) is 3.60. The van der Waals surface area contributed by atoms with Crippen LogP contribution in [0.2, 0.25) is 0 Å². The van der Waals surface area contributed by atoms with Crippen molar-refractivity contribution in [1.29, 1.82) is 0 Å². The average molecular weight is 215 g/mol. The van der Waals surface area contributed by atoms with Gasteiger partial charge in [0.15, 0.2) is 0 Å². The van der Waals surface area contributed by atoms with Crippen LogP contribution in [0.3, 0.4) is 0 Å². The first kappa shape index (κ1) is 11.5. The van der Waals surface area contributed by atoms with Crippen molar-refractivity contribution in [2.45, 2.75) is 6.18 Å². The van der Waals surface area contributed by atoms with E-state index in [1.54, 1.807) is 0 Å². The van der Waals surface area contributed by atoms with Crippen molar-refractivity contribution in [3.05, 3.63) is 29.6 Å². The topological polar surface area (TPSA) is 22.1 Å². The van der Waals surface area contributed by atoms with E-state index in [1.807, 2.05) is 0 Å². The molecule has 5 heteroatoms. The van der Waals surface area contributed by atoms with Gasteiger partial charge in [-0.15, -0.1) is 0 Å². The Morgan fingerprint density at radius 1 is 1.40 bits per heavy atom. The Kier molecular flexibility index (Phi) is 3.69. The van der Waals surface area contributed by atoms with Crippen molar-refractivity contribution >= 4 is 0 Å². The third-order valence-electron chi connectivity index (χ3n) is 1.52. The van der Waals surface area contributed by atoms with Crippen LogP contribution in [0.5, 0.6) is 0 Å². The number of pyridine rings is 1. The molecule has 2 nitrogen and oxygen atoms in total. The average Bonchev–Trinajstić information content (AvgIpc) is 2.18. The van der Waals surface area contributed by atoms with Gasteiger partial charge < -0.3 is 4.74 Å².